The van der Waals surface area contributed by atoms with Crippen LogP contribution in [-0.4, -0.2) is 22.2 Å². The van der Waals surface area contributed by atoms with Gasteiger partial charge in [-0.15, -0.1) is 11.3 Å². The summed E-state index contributed by atoms with van der Waals surface area (Å²) >= 11 is 1.51. The minimum atomic E-state index is -0.457. The van der Waals surface area contributed by atoms with Gasteiger partial charge >= 0.3 is 5.97 Å². The van der Waals surface area contributed by atoms with E-state index in [1.807, 2.05) is 31.4 Å². The summed E-state index contributed by atoms with van der Waals surface area (Å²) in [6.07, 6.45) is 0.0814. The molecule has 0 fully saturated rings. The molecule has 24 heavy (non-hydrogen) atoms. The molecule has 0 bridgehead atoms. The maximum Gasteiger partial charge on any atom is 0.338 e. The third kappa shape index (κ3) is 3.99. The van der Waals surface area contributed by atoms with Gasteiger partial charge in [0.2, 0.25) is 5.82 Å². The molecule has 0 N–H and O–H groups in total. The number of thiophene rings is 1. The summed E-state index contributed by atoms with van der Waals surface area (Å²) in [5, 5.41) is 5.79. The Morgan fingerprint density at radius 1 is 1.25 bits per heavy atom. The minimum absolute atomic E-state index is 0.0680. The highest BCUT2D eigenvalue weighted by atomic mass is 32.1. The summed E-state index contributed by atoms with van der Waals surface area (Å²) in [4.78, 5) is 17.1. The quantitative estimate of drug-likeness (QED) is 0.631. The van der Waals surface area contributed by atoms with Crippen molar-refractivity contribution in [3.8, 4) is 16.5 Å². The van der Waals surface area contributed by atoms with Gasteiger partial charge in [0.1, 0.15) is 5.75 Å². The van der Waals surface area contributed by atoms with Crippen LogP contribution in [0.25, 0.3) is 10.7 Å². The summed E-state index contributed by atoms with van der Waals surface area (Å²) in [5.41, 5.74) is 0.434. The number of carbonyl (C=O) groups excluding carboxylic acids is 1. The normalized spacial score (nSPS) is 10.8. The fraction of sp³-hybridized carbons (Fsp3) is 0.235. The SMILES string of the molecule is CC(C)Oc1ccc(C(=O)OCc2nc(-c3cccs3)no2)cc1. The molecule has 3 aromatic rings. The molecule has 0 aliphatic rings. The maximum atomic E-state index is 12.0. The molecule has 0 saturated heterocycles. The summed E-state index contributed by atoms with van der Waals surface area (Å²) in [6.45, 7) is 3.81. The van der Waals surface area contributed by atoms with Crippen LogP contribution >= 0.6 is 11.3 Å². The molecule has 2 aromatic heterocycles. The van der Waals surface area contributed by atoms with Crippen molar-refractivity contribution in [3.63, 3.8) is 0 Å². The molecule has 3 rings (SSSR count). The van der Waals surface area contributed by atoms with Crippen molar-refractivity contribution in [1.82, 2.24) is 10.1 Å². The van der Waals surface area contributed by atoms with E-state index in [-0.39, 0.29) is 18.6 Å². The fourth-order valence-corrected chi connectivity index (χ4v) is 2.62. The Balaban J connectivity index is 1.57. The van der Waals surface area contributed by atoms with Gasteiger partial charge in [-0.05, 0) is 49.6 Å². The predicted molar refractivity (Wildman–Crippen MR) is 88.9 cm³/mol. The topological polar surface area (TPSA) is 74.5 Å². The number of rotatable bonds is 6. The zero-order valence-electron chi connectivity index (χ0n) is 13.3. The van der Waals surface area contributed by atoms with Gasteiger partial charge in [0.15, 0.2) is 6.61 Å². The number of hydrogen-bond donors (Lipinski definition) is 0. The van der Waals surface area contributed by atoms with Gasteiger partial charge in [-0.25, -0.2) is 4.79 Å². The Bertz CT molecular complexity index is 794. The molecule has 0 aliphatic heterocycles. The Kier molecular flexibility index (Phi) is 4.90. The highest BCUT2D eigenvalue weighted by Crippen LogP contribution is 2.21. The summed E-state index contributed by atoms with van der Waals surface area (Å²) in [7, 11) is 0. The average molecular weight is 344 g/mol. The third-order valence-electron chi connectivity index (χ3n) is 3.00. The van der Waals surface area contributed by atoms with Crippen molar-refractivity contribution in [2.24, 2.45) is 0 Å². The minimum Gasteiger partial charge on any atom is -0.491 e. The number of hydrogen-bond acceptors (Lipinski definition) is 7. The third-order valence-corrected chi connectivity index (χ3v) is 3.86. The van der Waals surface area contributed by atoms with Gasteiger partial charge in [-0.1, -0.05) is 11.2 Å². The Morgan fingerprint density at radius 3 is 2.71 bits per heavy atom. The lowest BCUT2D eigenvalue weighted by atomic mass is 10.2. The van der Waals surface area contributed by atoms with Crippen molar-refractivity contribution in [2.45, 2.75) is 26.6 Å². The zero-order chi connectivity index (χ0) is 16.9. The van der Waals surface area contributed by atoms with Gasteiger partial charge < -0.3 is 14.0 Å². The second kappa shape index (κ2) is 7.27. The molecule has 0 radical (unpaired) electrons. The van der Waals surface area contributed by atoms with Gasteiger partial charge in [0, 0.05) is 0 Å². The van der Waals surface area contributed by atoms with Crippen LogP contribution in [0.3, 0.4) is 0 Å². The molecule has 6 nitrogen and oxygen atoms in total. The molecule has 0 amide bonds. The zero-order valence-corrected chi connectivity index (χ0v) is 14.1. The van der Waals surface area contributed by atoms with E-state index in [2.05, 4.69) is 10.1 Å². The lowest BCUT2D eigenvalue weighted by molar-refractivity contribution is 0.0430. The monoisotopic (exact) mass is 344 g/mol. The first-order valence-electron chi connectivity index (χ1n) is 7.42. The van der Waals surface area contributed by atoms with E-state index in [1.54, 1.807) is 24.3 Å². The fourth-order valence-electron chi connectivity index (χ4n) is 1.97. The van der Waals surface area contributed by atoms with Crippen LogP contribution in [0.1, 0.15) is 30.1 Å². The first-order valence-corrected chi connectivity index (χ1v) is 8.30. The number of nitrogens with zero attached hydrogens (tertiary/aromatic N) is 2. The van der Waals surface area contributed by atoms with Gasteiger partial charge in [0.05, 0.1) is 16.5 Å². The van der Waals surface area contributed by atoms with Gasteiger partial charge in [-0.3, -0.25) is 0 Å². The molecule has 0 unspecified atom stereocenters. The average Bonchev–Trinajstić information content (AvgIpc) is 3.24. The van der Waals surface area contributed by atoms with Crippen molar-refractivity contribution in [2.75, 3.05) is 0 Å². The Labute approximate surface area is 143 Å². The molecular weight excluding hydrogens is 328 g/mol. The first-order chi connectivity index (χ1) is 11.6. The molecule has 0 aliphatic carbocycles. The van der Waals surface area contributed by atoms with E-state index >= 15 is 0 Å². The van der Waals surface area contributed by atoms with Crippen molar-refractivity contribution in [1.29, 1.82) is 0 Å². The second-order valence-corrected chi connectivity index (χ2v) is 6.20. The highest BCUT2D eigenvalue weighted by molar-refractivity contribution is 7.13. The van der Waals surface area contributed by atoms with Crippen LogP contribution in [0.2, 0.25) is 0 Å². The largest absolute Gasteiger partial charge is 0.491 e. The van der Waals surface area contributed by atoms with Crippen LogP contribution in [0.4, 0.5) is 0 Å². The molecule has 2 heterocycles. The van der Waals surface area contributed by atoms with E-state index in [4.69, 9.17) is 14.0 Å². The number of ether oxygens (including phenoxy) is 2. The van der Waals surface area contributed by atoms with Crippen LogP contribution < -0.4 is 4.74 Å². The number of esters is 1. The molecular formula is C17H16N2O4S. The Hall–Kier alpha value is -2.67. The lowest BCUT2D eigenvalue weighted by Crippen LogP contribution is -2.07. The predicted octanol–water partition coefficient (Wildman–Crippen LogP) is 3.94. The second-order valence-electron chi connectivity index (χ2n) is 5.26. The number of benzene rings is 1. The van der Waals surface area contributed by atoms with E-state index < -0.39 is 5.97 Å². The maximum absolute atomic E-state index is 12.0. The van der Waals surface area contributed by atoms with Gasteiger partial charge in [0.25, 0.3) is 5.89 Å². The van der Waals surface area contributed by atoms with E-state index in [9.17, 15) is 4.79 Å². The molecule has 0 spiro atoms. The first kappa shape index (κ1) is 16.2. The smallest absolute Gasteiger partial charge is 0.338 e. The van der Waals surface area contributed by atoms with Crippen LogP contribution in [0, 0.1) is 0 Å². The summed E-state index contributed by atoms with van der Waals surface area (Å²) in [5.74, 6) is 0.999. The standard InChI is InChI=1S/C17H16N2O4S/c1-11(2)22-13-7-5-12(6-8-13)17(20)21-10-15-18-16(19-23-15)14-4-3-9-24-14/h3-9,11H,10H2,1-2H3. The van der Waals surface area contributed by atoms with E-state index in [0.29, 0.717) is 17.1 Å². The van der Waals surface area contributed by atoms with Crippen LogP contribution in [-0.2, 0) is 11.3 Å². The highest BCUT2D eigenvalue weighted by Gasteiger charge is 2.13. The molecule has 124 valence electrons. The number of carbonyl (C=O) groups is 1. The summed E-state index contributed by atoms with van der Waals surface area (Å²) < 4.78 is 15.8. The van der Waals surface area contributed by atoms with Crippen molar-refractivity contribution >= 4 is 17.3 Å². The number of aromatic nitrogens is 2. The van der Waals surface area contributed by atoms with Crippen molar-refractivity contribution in [3.05, 3.63) is 53.2 Å². The van der Waals surface area contributed by atoms with E-state index in [1.165, 1.54) is 11.3 Å². The molecule has 7 heteroatoms. The van der Waals surface area contributed by atoms with Crippen LogP contribution in [0.5, 0.6) is 5.75 Å². The van der Waals surface area contributed by atoms with E-state index in [0.717, 1.165) is 4.88 Å². The molecule has 0 saturated carbocycles. The lowest BCUT2D eigenvalue weighted by Gasteiger charge is -2.09. The molecule has 0 atom stereocenters. The molecule has 1 aromatic carbocycles. The van der Waals surface area contributed by atoms with Crippen LogP contribution in [0.15, 0.2) is 46.3 Å². The van der Waals surface area contributed by atoms with Crippen molar-refractivity contribution < 1.29 is 18.8 Å². The Morgan fingerprint density at radius 2 is 2.04 bits per heavy atom. The van der Waals surface area contributed by atoms with Gasteiger partial charge in [-0.2, -0.15) is 4.98 Å². The summed E-state index contributed by atoms with van der Waals surface area (Å²) in [6, 6.07) is 10.6.